The number of thiazole rings is 1. The average molecular weight is 419 g/mol. The van der Waals surface area contributed by atoms with Crippen LogP contribution in [0, 0.1) is 0 Å². The van der Waals surface area contributed by atoms with Gasteiger partial charge in [0.2, 0.25) is 10.0 Å². The van der Waals surface area contributed by atoms with Crippen molar-refractivity contribution >= 4 is 31.6 Å². The first kappa shape index (κ1) is 20.8. The number of aryl methyl sites for hydroxylation is 1. The van der Waals surface area contributed by atoms with Gasteiger partial charge in [-0.25, -0.2) is 13.1 Å². The van der Waals surface area contributed by atoms with Crippen LogP contribution in [-0.4, -0.2) is 13.0 Å². The fourth-order valence-electron chi connectivity index (χ4n) is 3.15. The SMILES string of the molecule is CCn1c(=O)sc2cc(S(=O)(=O)N[C@@H](C)c3ccc(C(C)(C)C)cc3)ccc21. The van der Waals surface area contributed by atoms with Crippen LogP contribution in [-0.2, 0) is 22.0 Å². The Bertz CT molecular complexity index is 1150. The van der Waals surface area contributed by atoms with Crippen molar-refractivity contribution in [2.75, 3.05) is 0 Å². The molecule has 0 radical (unpaired) electrons. The van der Waals surface area contributed by atoms with Crippen LogP contribution in [0.15, 0.2) is 52.2 Å². The zero-order chi connectivity index (χ0) is 20.7. The second-order valence-electron chi connectivity index (χ2n) is 7.96. The van der Waals surface area contributed by atoms with E-state index >= 15 is 0 Å². The largest absolute Gasteiger partial charge is 0.308 e. The van der Waals surface area contributed by atoms with E-state index in [1.54, 1.807) is 22.8 Å². The zero-order valence-electron chi connectivity index (χ0n) is 16.8. The van der Waals surface area contributed by atoms with Crippen molar-refractivity contribution in [1.29, 1.82) is 0 Å². The van der Waals surface area contributed by atoms with Crippen LogP contribution in [0.2, 0.25) is 0 Å². The van der Waals surface area contributed by atoms with Crippen LogP contribution in [0.25, 0.3) is 10.2 Å². The normalized spacial score (nSPS) is 13.8. The first-order valence-electron chi connectivity index (χ1n) is 9.29. The second-order valence-corrected chi connectivity index (χ2v) is 10.7. The van der Waals surface area contributed by atoms with E-state index in [4.69, 9.17) is 0 Å². The van der Waals surface area contributed by atoms with Gasteiger partial charge in [-0.1, -0.05) is 56.4 Å². The quantitative estimate of drug-likeness (QED) is 0.667. The van der Waals surface area contributed by atoms with Crippen LogP contribution < -0.4 is 9.60 Å². The Labute approximate surface area is 170 Å². The van der Waals surface area contributed by atoms with Crippen LogP contribution in [0.3, 0.4) is 0 Å². The summed E-state index contributed by atoms with van der Waals surface area (Å²) in [5.74, 6) is 0. The lowest BCUT2D eigenvalue weighted by atomic mass is 9.86. The third-order valence-electron chi connectivity index (χ3n) is 4.87. The molecular formula is C21H26N2O3S2. The third-order valence-corrected chi connectivity index (χ3v) is 7.36. The molecule has 0 aliphatic rings. The van der Waals surface area contributed by atoms with Crippen molar-refractivity contribution in [3.8, 4) is 0 Å². The molecule has 3 rings (SSSR count). The number of nitrogens with zero attached hydrogens (tertiary/aromatic N) is 1. The summed E-state index contributed by atoms with van der Waals surface area (Å²) in [7, 11) is -3.70. The van der Waals surface area contributed by atoms with Gasteiger partial charge >= 0.3 is 4.87 Å². The minimum Gasteiger partial charge on any atom is -0.299 e. The highest BCUT2D eigenvalue weighted by Crippen LogP contribution is 2.26. The second kappa shape index (κ2) is 7.46. The van der Waals surface area contributed by atoms with Gasteiger partial charge in [0.1, 0.15) is 0 Å². The molecule has 0 aliphatic carbocycles. The van der Waals surface area contributed by atoms with Crippen molar-refractivity contribution in [2.45, 2.75) is 57.5 Å². The number of benzene rings is 2. The Hall–Kier alpha value is -1.96. The van der Waals surface area contributed by atoms with Crippen LogP contribution >= 0.6 is 11.3 Å². The van der Waals surface area contributed by atoms with Gasteiger partial charge < -0.3 is 0 Å². The molecule has 150 valence electrons. The summed E-state index contributed by atoms with van der Waals surface area (Å²) in [6.45, 7) is 10.7. The molecule has 0 bridgehead atoms. The number of nitrogens with one attached hydrogen (secondary N) is 1. The average Bonchev–Trinajstić information content (AvgIpc) is 2.94. The summed E-state index contributed by atoms with van der Waals surface area (Å²) in [6.07, 6.45) is 0. The lowest BCUT2D eigenvalue weighted by Gasteiger charge is -2.20. The topological polar surface area (TPSA) is 68.2 Å². The van der Waals surface area contributed by atoms with E-state index in [1.165, 1.54) is 5.56 Å². The lowest BCUT2D eigenvalue weighted by Crippen LogP contribution is -2.27. The van der Waals surface area contributed by atoms with Gasteiger partial charge in [0.05, 0.1) is 15.1 Å². The molecule has 0 aliphatic heterocycles. The van der Waals surface area contributed by atoms with E-state index in [0.717, 1.165) is 22.4 Å². The Morgan fingerprint density at radius 1 is 1.11 bits per heavy atom. The van der Waals surface area contributed by atoms with E-state index < -0.39 is 10.0 Å². The first-order valence-corrected chi connectivity index (χ1v) is 11.6. The fourth-order valence-corrected chi connectivity index (χ4v) is 5.48. The monoisotopic (exact) mass is 418 g/mol. The molecule has 1 heterocycles. The van der Waals surface area contributed by atoms with E-state index in [1.807, 2.05) is 38.1 Å². The Kier molecular flexibility index (Phi) is 5.53. The predicted molar refractivity (Wildman–Crippen MR) is 116 cm³/mol. The summed E-state index contributed by atoms with van der Waals surface area (Å²) in [6, 6.07) is 12.5. The number of fused-ring (bicyclic) bond motifs is 1. The van der Waals surface area contributed by atoms with Crippen molar-refractivity contribution in [3.63, 3.8) is 0 Å². The van der Waals surface area contributed by atoms with E-state index in [0.29, 0.717) is 11.2 Å². The van der Waals surface area contributed by atoms with Gasteiger partial charge in [-0.2, -0.15) is 0 Å². The molecule has 1 atom stereocenters. The van der Waals surface area contributed by atoms with Crippen molar-refractivity contribution in [1.82, 2.24) is 9.29 Å². The zero-order valence-corrected chi connectivity index (χ0v) is 18.4. The maximum Gasteiger partial charge on any atom is 0.308 e. The fraction of sp³-hybridized carbons (Fsp3) is 0.381. The standard InChI is InChI=1S/C21H26N2O3S2/c1-6-23-18-12-11-17(13-19(18)27-20(23)24)28(25,26)22-14(2)15-7-9-16(10-8-15)21(3,4)5/h7-14,22H,6H2,1-5H3/t14-/m0/s1. The smallest absolute Gasteiger partial charge is 0.299 e. The minimum atomic E-state index is -3.70. The van der Waals surface area contributed by atoms with Crippen LogP contribution in [0.4, 0.5) is 0 Å². The van der Waals surface area contributed by atoms with Gasteiger partial charge in [-0.3, -0.25) is 9.36 Å². The first-order chi connectivity index (χ1) is 13.0. The molecule has 5 nitrogen and oxygen atoms in total. The molecule has 0 spiro atoms. The van der Waals surface area contributed by atoms with E-state index in [-0.39, 0.29) is 21.2 Å². The molecule has 0 saturated carbocycles. The van der Waals surface area contributed by atoms with Gasteiger partial charge in [-0.15, -0.1) is 0 Å². The highest BCUT2D eigenvalue weighted by Gasteiger charge is 2.21. The van der Waals surface area contributed by atoms with Gasteiger partial charge in [0.25, 0.3) is 0 Å². The maximum atomic E-state index is 12.9. The number of hydrogen-bond donors (Lipinski definition) is 1. The molecule has 0 fully saturated rings. The van der Waals surface area contributed by atoms with E-state index in [9.17, 15) is 13.2 Å². The number of sulfonamides is 1. The Morgan fingerprint density at radius 2 is 1.75 bits per heavy atom. The summed E-state index contributed by atoms with van der Waals surface area (Å²) in [5, 5.41) is 0. The summed E-state index contributed by atoms with van der Waals surface area (Å²) >= 11 is 1.07. The van der Waals surface area contributed by atoms with Crippen molar-refractivity contribution in [2.24, 2.45) is 0 Å². The van der Waals surface area contributed by atoms with Crippen molar-refractivity contribution in [3.05, 3.63) is 63.3 Å². The molecule has 1 N–H and O–H groups in total. The molecule has 1 aromatic heterocycles. The molecule has 0 saturated heterocycles. The van der Waals surface area contributed by atoms with Gasteiger partial charge in [0.15, 0.2) is 0 Å². The maximum absolute atomic E-state index is 12.9. The summed E-state index contributed by atoms with van der Waals surface area (Å²) in [4.78, 5) is 12.1. The van der Waals surface area contributed by atoms with Crippen molar-refractivity contribution < 1.29 is 8.42 Å². The summed E-state index contributed by atoms with van der Waals surface area (Å²) in [5.41, 5.74) is 2.92. The minimum absolute atomic E-state index is 0.0488. The molecule has 3 aromatic rings. The van der Waals surface area contributed by atoms with Crippen LogP contribution in [0.5, 0.6) is 0 Å². The number of aromatic nitrogens is 1. The lowest BCUT2D eigenvalue weighted by molar-refractivity contribution is 0.566. The Balaban J connectivity index is 1.87. The molecule has 7 heteroatoms. The highest BCUT2D eigenvalue weighted by molar-refractivity contribution is 7.89. The molecule has 0 amide bonds. The Morgan fingerprint density at radius 3 is 2.32 bits per heavy atom. The molecule has 0 unspecified atom stereocenters. The molecular weight excluding hydrogens is 392 g/mol. The third kappa shape index (κ3) is 4.06. The van der Waals surface area contributed by atoms with Gasteiger partial charge in [0, 0.05) is 12.6 Å². The number of hydrogen-bond acceptors (Lipinski definition) is 4. The van der Waals surface area contributed by atoms with Crippen LogP contribution in [0.1, 0.15) is 51.8 Å². The van der Waals surface area contributed by atoms with E-state index in [2.05, 4.69) is 25.5 Å². The molecule has 28 heavy (non-hydrogen) atoms. The van der Waals surface area contributed by atoms with Gasteiger partial charge in [-0.05, 0) is 48.6 Å². The molecule has 2 aromatic carbocycles. The highest BCUT2D eigenvalue weighted by atomic mass is 32.2. The number of rotatable bonds is 5. The predicted octanol–water partition coefficient (Wildman–Crippen LogP) is 4.42. The summed E-state index contributed by atoms with van der Waals surface area (Å²) < 4.78 is 30.8.